The number of methoxy groups -OCH3 is 1. The van der Waals surface area contributed by atoms with Crippen molar-refractivity contribution >= 4 is 28.6 Å². The number of fused-ring (bicyclic) bond motifs is 1. The minimum absolute atomic E-state index is 0.0245. The van der Waals surface area contributed by atoms with E-state index in [2.05, 4.69) is 0 Å². The summed E-state index contributed by atoms with van der Waals surface area (Å²) in [7, 11) is 1.60. The first-order chi connectivity index (χ1) is 14.6. The van der Waals surface area contributed by atoms with Crippen LogP contribution in [0.2, 0.25) is 0 Å². The predicted octanol–water partition coefficient (Wildman–Crippen LogP) is 3.73. The fraction of sp³-hybridized carbons (Fsp3) is 0.304. The molecule has 1 saturated heterocycles. The van der Waals surface area contributed by atoms with Crippen LogP contribution in [-0.2, 0) is 4.79 Å². The molecule has 0 aliphatic carbocycles. The van der Waals surface area contributed by atoms with Crippen LogP contribution >= 0.6 is 11.8 Å². The van der Waals surface area contributed by atoms with E-state index >= 15 is 0 Å². The van der Waals surface area contributed by atoms with Gasteiger partial charge in [-0.3, -0.25) is 9.59 Å². The highest BCUT2D eigenvalue weighted by Gasteiger charge is 2.18. The normalized spacial score (nSPS) is 14.0. The van der Waals surface area contributed by atoms with Gasteiger partial charge in [0, 0.05) is 30.7 Å². The summed E-state index contributed by atoms with van der Waals surface area (Å²) in [6.07, 6.45) is 0. The van der Waals surface area contributed by atoms with E-state index in [9.17, 15) is 9.59 Å². The molecule has 7 heteroatoms. The molecule has 2 heterocycles. The van der Waals surface area contributed by atoms with Crippen LogP contribution in [0.1, 0.15) is 5.76 Å². The van der Waals surface area contributed by atoms with Crippen LogP contribution in [0.3, 0.4) is 0 Å². The van der Waals surface area contributed by atoms with E-state index in [4.69, 9.17) is 13.9 Å². The van der Waals surface area contributed by atoms with Crippen molar-refractivity contribution in [2.45, 2.75) is 6.92 Å². The molecule has 3 aromatic rings. The van der Waals surface area contributed by atoms with Crippen molar-refractivity contribution in [2.75, 3.05) is 38.3 Å². The Morgan fingerprint density at radius 3 is 2.50 bits per heavy atom. The second-order valence-corrected chi connectivity index (χ2v) is 8.26. The smallest absolute Gasteiger partial charge is 0.260 e. The molecule has 1 aliphatic rings. The first-order valence-electron chi connectivity index (χ1n) is 9.77. The van der Waals surface area contributed by atoms with Crippen LogP contribution in [0.5, 0.6) is 11.5 Å². The molecule has 1 aliphatic heterocycles. The van der Waals surface area contributed by atoms with E-state index in [1.54, 1.807) is 32.2 Å². The average Bonchev–Trinajstić information content (AvgIpc) is 2.78. The van der Waals surface area contributed by atoms with Crippen molar-refractivity contribution in [1.82, 2.24) is 4.90 Å². The van der Waals surface area contributed by atoms with Gasteiger partial charge in [0.15, 0.2) is 6.61 Å². The lowest BCUT2D eigenvalue weighted by Crippen LogP contribution is -2.40. The Hall–Kier alpha value is -2.93. The largest absolute Gasteiger partial charge is 0.497 e. The highest BCUT2D eigenvalue weighted by atomic mass is 32.2. The fourth-order valence-electron chi connectivity index (χ4n) is 3.52. The molecule has 6 nitrogen and oxygen atoms in total. The molecule has 0 saturated carbocycles. The molecule has 156 valence electrons. The molecule has 1 fully saturated rings. The molecule has 2 aromatic carbocycles. The predicted molar refractivity (Wildman–Crippen MR) is 119 cm³/mol. The SMILES string of the molecule is COc1ccc(-c2c(C)oc3cc(OCC(=O)N4CCSCC4)ccc3c2=O)cc1. The Labute approximate surface area is 178 Å². The summed E-state index contributed by atoms with van der Waals surface area (Å²) in [5.41, 5.74) is 1.63. The Balaban J connectivity index is 1.57. The van der Waals surface area contributed by atoms with Crippen molar-refractivity contribution < 1.29 is 18.7 Å². The maximum absolute atomic E-state index is 13.1. The van der Waals surface area contributed by atoms with Crippen molar-refractivity contribution in [3.05, 3.63) is 58.4 Å². The van der Waals surface area contributed by atoms with Gasteiger partial charge in [0.1, 0.15) is 22.8 Å². The highest BCUT2D eigenvalue weighted by Crippen LogP contribution is 2.27. The maximum Gasteiger partial charge on any atom is 0.260 e. The minimum Gasteiger partial charge on any atom is -0.497 e. The Bertz CT molecular complexity index is 1120. The lowest BCUT2D eigenvalue weighted by atomic mass is 10.0. The Morgan fingerprint density at radius 2 is 1.80 bits per heavy atom. The number of thioether (sulfide) groups is 1. The molecule has 1 amide bonds. The van der Waals surface area contributed by atoms with Crippen LogP contribution in [0.4, 0.5) is 0 Å². The molecule has 0 atom stereocenters. The number of nitrogens with zero attached hydrogens (tertiary/aromatic N) is 1. The second kappa shape index (κ2) is 8.83. The third kappa shape index (κ3) is 4.16. The summed E-state index contributed by atoms with van der Waals surface area (Å²) in [4.78, 5) is 27.2. The summed E-state index contributed by atoms with van der Waals surface area (Å²) >= 11 is 1.85. The summed E-state index contributed by atoms with van der Waals surface area (Å²) in [6.45, 7) is 3.26. The van der Waals surface area contributed by atoms with Gasteiger partial charge in [-0.2, -0.15) is 11.8 Å². The van der Waals surface area contributed by atoms with Crippen molar-refractivity contribution in [2.24, 2.45) is 0 Å². The Morgan fingerprint density at radius 1 is 1.10 bits per heavy atom. The monoisotopic (exact) mass is 425 g/mol. The van der Waals surface area contributed by atoms with Gasteiger partial charge in [-0.1, -0.05) is 12.1 Å². The lowest BCUT2D eigenvalue weighted by Gasteiger charge is -2.26. The van der Waals surface area contributed by atoms with Crippen molar-refractivity contribution in [3.8, 4) is 22.6 Å². The molecule has 0 unspecified atom stereocenters. The summed E-state index contributed by atoms with van der Waals surface area (Å²) in [6, 6.07) is 12.4. The van der Waals surface area contributed by atoms with Crippen LogP contribution in [0.25, 0.3) is 22.1 Å². The number of hydrogen-bond donors (Lipinski definition) is 0. The number of benzene rings is 2. The number of aryl methyl sites for hydroxylation is 1. The molecule has 0 bridgehead atoms. The van der Waals surface area contributed by atoms with E-state index in [1.807, 2.05) is 40.9 Å². The van der Waals surface area contributed by atoms with Crippen LogP contribution in [-0.4, -0.2) is 49.1 Å². The van der Waals surface area contributed by atoms with Gasteiger partial charge >= 0.3 is 0 Å². The van der Waals surface area contributed by atoms with Gasteiger partial charge in [-0.05, 0) is 36.8 Å². The quantitative estimate of drug-likeness (QED) is 0.620. The second-order valence-electron chi connectivity index (χ2n) is 7.03. The molecule has 0 N–H and O–H groups in total. The number of rotatable bonds is 5. The summed E-state index contributed by atoms with van der Waals surface area (Å²) < 4.78 is 16.8. The molecule has 4 rings (SSSR count). The maximum atomic E-state index is 13.1. The van der Waals surface area contributed by atoms with Gasteiger partial charge in [-0.15, -0.1) is 0 Å². The molecular weight excluding hydrogens is 402 g/mol. The van der Waals surface area contributed by atoms with E-state index in [0.29, 0.717) is 28.0 Å². The Kier molecular flexibility index (Phi) is 5.99. The highest BCUT2D eigenvalue weighted by molar-refractivity contribution is 7.99. The number of amides is 1. The molecule has 0 spiro atoms. The summed E-state index contributed by atoms with van der Waals surface area (Å²) in [5.74, 6) is 3.65. The average molecular weight is 426 g/mol. The van der Waals surface area contributed by atoms with Gasteiger partial charge in [0.05, 0.1) is 18.1 Å². The molecular formula is C23H23NO5S. The number of carbonyl (C=O) groups is 1. The van der Waals surface area contributed by atoms with E-state index in [1.165, 1.54) is 0 Å². The van der Waals surface area contributed by atoms with Crippen molar-refractivity contribution in [3.63, 3.8) is 0 Å². The zero-order valence-corrected chi connectivity index (χ0v) is 17.8. The number of ether oxygens (including phenoxy) is 2. The molecule has 0 radical (unpaired) electrons. The standard InChI is InChI=1S/C23H23NO5S/c1-15-22(16-3-5-17(27-2)6-4-16)23(26)19-8-7-18(13-20(19)29-15)28-14-21(25)24-9-11-30-12-10-24/h3-8,13H,9-12,14H2,1-2H3. The molecule has 30 heavy (non-hydrogen) atoms. The third-order valence-corrected chi connectivity index (χ3v) is 6.09. The number of hydrogen-bond acceptors (Lipinski definition) is 6. The lowest BCUT2D eigenvalue weighted by molar-refractivity contribution is -0.132. The number of carbonyl (C=O) groups excluding carboxylic acids is 1. The first-order valence-corrected chi connectivity index (χ1v) is 10.9. The van der Waals surface area contributed by atoms with Gasteiger partial charge in [-0.25, -0.2) is 0 Å². The van der Waals surface area contributed by atoms with E-state index in [0.717, 1.165) is 35.9 Å². The zero-order chi connectivity index (χ0) is 21.1. The summed E-state index contributed by atoms with van der Waals surface area (Å²) in [5, 5.41) is 0.471. The van der Waals surface area contributed by atoms with Gasteiger partial charge in [0.2, 0.25) is 5.43 Å². The molecule has 1 aromatic heterocycles. The topological polar surface area (TPSA) is 69.0 Å². The van der Waals surface area contributed by atoms with E-state index < -0.39 is 0 Å². The van der Waals surface area contributed by atoms with E-state index in [-0.39, 0.29) is 17.9 Å². The minimum atomic E-state index is -0.104. The van der Waals surface area contributed by atoms with Crippen LogP contribution in [0.15, 0.2) is 51.7 Å². The van der Waals surface area contributed by atoms with Gasteiger partial charge in [0.25, 0.3) is 5.91 Å². The van der Waals surface area contributed by atoms with Crippen molar-refractivity contribution in [1.29, 1.82) is 0 Å². The third-order valence-electron chi connectivity index (χ3n) is 5.14. The zero-order valence-electron chi connectivity index (χ0n) is 17.0. The first kappa shape index (κ1) is 20.3. The van der Waals surface area contributed by atoms with Crippen LogP contribution < -0.4 is 14.9 Å². The van der Waals surface area contributed by atoms with Gasteiger partial charge < -0.3 is 18.8 Å². The fourth-order valence-corrected chi connectivity index (χ4v) is 4.42. The van der Waals surface area contributed by atoms with Crippen LogP contribution in [0, 0.1) is 6.92 Å².